The zero-order valence-electron chi connectivity index (χ0n) is 8.80. The predicted molar refractivity (Wildman–Crippen MR) is 68.1 cm³/mol. The van der Waals surface area contributed by atoms with Crippen LogP contribution in [0.15, 0.2) is 16.6 Å². The highest BCUT2D eigenvalue weighted by molar-refractivity contribution is 9.10. The molecule has 0 aliphatic carbocycles. The molecule has 1 aromatic rings. The molecule has 92 valence electrons. The molecule has 1 aliphatic rings. The van der Waals surface area contributed by atoms with Gasteiger partial charge in [0, 0.05) is 16.1 Å². The first-order chi connectivity index (χ1) is 8.08. The van der Waals surface area contributed by atoms with Crippen LogP contribution in [0.25, 0.3) is 0 Å². The van der Waals surface area contributed by atoms with Gasteiger partial charge in [-0.05, 0) is 24.3 Å². The summed E-state index contributed by atoms with van der Waals surface area (Å²) in [5.74, 6) is -0.362. The Hall–Kier alpha value is -0.620. The Morgan fingerprint density at radius 2 is 2.06 bits per heavy atom. The smallest absolute Gasteiger partial charge is 0.228 e. The predicted octanol–water partition coefficient (Wildman–Crippen LogP) is 3.42. The highest BCUT2D eigenvalue weighted by Gasteiger charge is 2.25. The number of carbonyl (C=O) groups is 1. The summed E-state index contributed by atoms with van der Waals surface area (Å²) in [5, 5.41) is 2.32. The minimum Gasteiger partial charge on any atom is -0.321 e. The van der Waals surface area contributed by atoms with E-state index in [0.717, 1.165) is 24.3 Å². The summed E-state index contributed by atoms with van der Waals surface area (Å²) in [7, 11) is 0. The first kappa shape index (κ1) is 12.8. The van der Waals surface area contributed by atoms with Crippen LogP contribution in [0.1, 0.15) is 6.42 Å². The summed E-state index contributed by atoms with van der Waals surface area (Å²) < 4.78 is 27.2. The average molecular weight is 322 g/mol. The van der Waals surface area contributed by atoms with E-state index in [1.54, 1.807) is 11.8 Å². The summed E-state index contributed by atoms with van der Waals surface area (Å²) in [5.41, 5.74) is -0.366. The minimum absolute atomic E-state index is 0.151. The maximum Gasteiger partial charge on any atom is 0.228 e. The number of rotatable bonds is 2. The number of halogens is 3. The molecule has 2 nitrogen and oxygen atoms in total. The van der Waals surface area contributed by atoms with E-state index in [1.807, 2.05) is 0 Å². The van der Waals surface area contributed by atoms with Crippen LogP contribution < -0.4 is 5.32 Å². The van der Waals surface area contributed by atoms with Gasteiger partial charge >= 0.3 is 0 Å². The van der Waals surface area contributed by atoms with Crippen molar-refractivity contribution in [2.24, 2.45) is 5.92 Å². The molecule has 0 spiro atoms. The van der Waals surface area contributed by atoms with E-state index < -0.39 is 11.6 Å². The molecule has 0 bridgehead atoms. The molecule has 6 heteroatoms. The molecule has 1 aromatic carbocycles. The van der Waals surface area contributed by atoms with E-state index in [-0.39, 0.29) is 17.5 Å². The number of nitrogens with one attached hydrogen (secondary N) is 1. The lowest BCUT2D eigenvalue weighted by Crippen LogP contribution is -2.23. The van der Waals surface area contributed by atoms with Crippen molar-refractivity contribution < 1.29 is 13.6 Å². The number of amides is 1. The van der Waals surface area contributed by atoms with E-state index in [9.17, 15) is 13.6 Å². The molecule has 17 heavy (non-hydrogen) atoms. The van der Waals surface area contributed by atoms with Crippen molar-refractivity contribution in [3.8, 4) is 0 Å². The molecule has 0 radical (unpaired) electrons. The van der Waals surface area contributed by atoms with Crippen LogP contribution in [0.5, 0.6) is 0 Å². The fraction of sp³-hybridized carbons (Fsp3) is 0.364. The average Bonchev–Trinajstić information content (AvgIpc) is 2.76. The van der Waals surface area contributed by atoms with Crippen molar-refractivity contribution in [1.29, 1.82) is 0 Å². The van der Waals surface area contributed by atoms with Gasteiger partial charge in [-0.1, -0.05) is 15.9 Å². The van der Waals surface area contributed by atoms with Crippen molar-refractivity contribution >= 4 is 39.3 Å². The van der Waals surface area contributed by atoms with Gasteiger partial charge in [-0.3, -0.25) is 4.79 Å². The van der Waals surface area contributed by atoms with Crippen LogP contribution in [0.2, 0.25) is 0 Å². The normalized spacial score (nSPS) is 19.4. The summed E-state index contributed by atoms with van der Waals surface area (Å²) in [4.78, 5) is 11.7. The van der Waals surface area contributed by atoms with Crippen molar-refractivity contribution in [2.45, 2.75) is 6.42 Å². The second-order valence-electron chi connectivity index (χ2n) is 3.79. The molecule has 1 N–H and O–H groups in total. The van der Waals surface area contributed by atoms with Gasteiger partial charge in [-0.25, -0.2) is 8.78 Å². The minimum atomic E-state index is -0.768. The quantitative estimate of drug-likeness (QED) is 0.904. The highest BCUT2D eigenvalue weighted by atomic mass is 79.9. The molecular weight excluding hydrogens is 312 g/mol. The maximum atomic E-state index is 13.5. The Kier molecular flexibility index (Phi) is 4.04. The Balaban J connectivity index is 2.15. The van der Waals surface area contributed by atoms with Crippen LogP contribution in [0.4, 0.5) is 14.5 Å². The first-order valence-corrected chi connectivity index (χ1v) is 7.06. The van der Waals surface area contributed by atoms with Crippen molar-refractivity contribution in [2.75, 3.05) is 16.8 Å². The maximum absolute atomic E-state index is 13.5. The Morgan fingerprint density at radius 1 is 1.41 bits per heavy atom. The fourth-order valence-electron chi connectivity index (χ4n) is 1.63. The molecule has 1 heterocycles. The molecule has 1 atom stereocenters. The van der Waals surface area contributed by atoms with Crippen LogP contribution in [-0.4, -0.2) is 17.4 Å². The van der Waals surface area contributed by atoms with E-state index in [2.05, 4.69) is 21.2 Å². The summed E-state index contributed by atoms with van der Waals surface area (Å²) in [6, 6.07) is 2.25. The monoisotopic (exact) mass is 321 g/mol. The highest BCUT2D eigenvalue weighted by Crippen LogP contribution is 2.27. The van der Waals surface area contributed by atoms with Crippen LogP contribution in [-0.2, 0) is 4.79 Å². The SMILES string of the molecule is O=C(Nc1c(F)cc(Br)cc1F)C1CCSC1. The number of hydrogen-bond donors (Lipinski definition) is 1. The van der Waals surface area contributed by atoms with E-state index in [1.165, 1.54) is 0 Å². The third-order valence-corrected chi connectivity index (χ3v) is 4.18. The first-order valence-electron chi connectivity index (χ1n) is 5.11. The molecule has 1 unspecified atom stereocenters. The fourth-order valence-corrected chi connectivity index (χ4v) is 3.25. The summed E-state index contributed by atoms with van der Waals surface area (Å²) in [6.45, 7) is 0. The molecule has 1 saturated heterocycles. The van der Waals surface area contributed by atoms with Gasteiger partial charge in [-0.15, -0.1) is 0 Å². The largest absolute Gasteiger partial charge is 0.321 e. The number of hydrogen-bond acceptors (Lipinski definition) is 2. The number of anilines is 1. The molecule has 1 fully saturated rings. The van der Waals surface area contributed by atoms with Crippen molar-refractivity contribution in [1.82, 2.24) is 0 Å². The summed E-state index contributed by atoms with van der Waals surface area (Å²) in [6.07, 6.45) is 0.760. The third kappa shape index (κ3) is 2.98. The lowest BCUT2D eigenvalue weighted by atomic mass is 10.1. The second kappa shape index (κ2) is 5.35. The standard InChI is InChI=1S/C11H10BrF2NOS/c12-7-3-8(13)10(9(14)4-7)15-11(16)6-1-2-17-5-6/h3-4,6H,1-2,5H2,(H,15,16). The molecule has 0 saturated carbocycles. The van der Waals surface area contributed by atoms with Crippen LogP contribution >= 0.6 is 27.7 Å². The zero-order chi connectivity index (χ0) is 12.4. The van der Waals surface area contributed by atoms with E-state index in [4.69, 9.17) is 0 Å². The van der Waals surface area contributed by atoms with Gasteiger partial charge in [-0.2, -0.15) is 11.8 Å². The lowest BCUT2D eigenvalue weighted by molar-refractivity contribution is -0.119. The van der Waals surface area contributed by atoms with E-state index >= 15 is 0 Å². The number of carbonyl (C=O) groups excluding carboxylic acids is 1. The Labute approximate surface area is 110 Å². The molecule has 2 rings (SSSR count). The number of benzene rings is 1. The van der Waals surface area contributed by atoms with Crippen molar-refractivity contribution in [3.63, 3.8) is 0 Å². The number of thioether (sulfide) groups is 1. The van der Waals surface area contributed by atoms with Gasteiger partial charge in [0.25, 0.3) is 0 Å². The Morgan fingerprint density at radius 3 is 2.59 bits per heavy atom. The van der Waals surface area contributed by atoms with Crippen LogP contribution in [0.3, 0.4) is 0 Å². The third-order valence-electron chi connectivity index (χ3n) is 2.56. The van der Waals surface area contributed by atoms with Gasteiger partial charge in [0.15, 0.2) is 11.6 Å². The van der Waals surface area contributed by atoms with Gasteiger partial charge < -0.3 is 5.32 Å². The Bertz CT molecular complexity index is 426. The van der Waals surface area contributed by atoms with Crippen molar-refractivity contribution in [3.05, 3.63) is 28.2 Å². The van der Waals surface area contributed by atoms with Crippen LogP contribution in [0, 0.1) is 17.6 Å². The molecule has 1 amide bonds. The lowest BCUT2D eigenvalue weighted by Gasteiger charge is -2.11. The molecule has 0 aromatic heterocycles. The zero-order valence-corrected chi connectivity index (χ0v) is 11.2. The topological polar surface area (TPSA) is 29.1 Å². The van der Waals surface area contributed by atoms with E-state index in [0.29, 0.717) is 10.2 Å². The van der Waals surface area contributed by atoms with Gasteiger partial charge in [0.1, 0.15) is 5.69 Å². The van der Waals surface area contributed by atoms with Gasteiger partial charge in [0.05, 0.1) is 0 Å². The van der Waals surface area contributed by atoms with Gasteiger partial charge in [0.2, 0.25) is 5.91 Å². The second-order valence-corrected chi connectivity index (χ2v) is 5.86. The summed E-state index contributed by atoms with van der Waals surface area (Å²) >= 11 is 4.66. The molecular formula is C11H10BrF2NOS. The molecule has 1 aliphatic heterocycles.